The van der Waals surface area contributed by atoms with Crippen LogP contribution in [0.2, 0.25) is 5.15 Å². The fourth-order valence-corrected chi connectivity index (χ4v) is 1.56. The van der Waals surface area contributed by atoms with Gasteiger partial charge in [0.1, 0.15) is 17.4 Å². The van der Waals surface area contributed by atoms with Crippen molar-refractivity contribution in [2.45, 2.75) is 26.1 Å². The number of carbonyl (C=O) groups excluding carboxylic acids is 1. The van der Waals surface area contributed by atoms with Crippen molar-refractivity contribution in [3.8, 4) is 0 Å². The molecule has 0 bridgehead atoms. The van der Waals surface area contributed by atoms with Gasteiger partial charge in [0, 0.05) is 25.2 Å². The molecule has 0 fully saturated rings. The zero-order chi connectivity index (χ0) is 13.0. The summed E-state index contributed by atoms with van der Waals surface area (Å²) < 4.78 is 0. The van der Waals surface area contributed by atoms with Gasteiger partial charge >= 0.3 is 0 Å². The Balaban J connectivity index is 2.77. The Kier molecular flexibility index (Phi) is 4.86. The van der Waals surface area contributed by atoms with Crippen molar-refractivity contribution < 1.29 is 15.0 Å². The Morgan fingerprint density at radius 1 is 1.59 bits per heavy atom. The molecule has 0 saturated heterocycles. The Hall–Kier alpha value is -1.17. The molecule has 0 aliphatic heterocycles. The number of nitrogens with zero attached hydrogens (tertiary/aromatic N) is 1. The summed E-state index contributed by atoms with van der Waals surface area (Å²) in [6.45, 7) is 3.10. The number of aliphatic hydroxyl groups excluding tert-OH is 2. The summed E-state index contributed by atoms with van der Waals surface area (Å²) in [4.78, 5) is 14.6. The molecule has 5 nitrogen and oxygen atoms in total. The number of carbonyl (C=O) groups is 1. The first kappa shape index (κ1) is 13.9. The number of amides is 1. The SMILES string of the molecule is CC(=O)NCC(O)C(O)c1cc(C)cnc1Cl. The van der Waals surface area contributed by atoms with E-state index < -0.39 is 12.2 Å². The van der Waals surface area contributed by atoms with Crippen LogP contribution < -0.4 is 5.32 Å². The molecule has 0 spiro atoms. The van der Waals surface area contributed by atoms with Gasteiger partial charge in [0.15, 0.2) is 0 Å². The molecule has 17 heavy (non-hydrogen) atoms. The third kappa shape index (κ3) is 3.96. The van der Waals surface area contributed by atoms with E-state index in [0.29, 0.717) is 5.56 Å². The fraction of sp³-hybridized carbons (Fsp3) is 0.455. The third-order valence-corrected chi connectivity index (χ3v) is 2.56. The van der Waals surface area contributed by atoms with Crippen LogP contribution in [0.1, 0.15) is 24.2 Å². The molecule has 2 unspecified atom stereocenters. The van der Waals surface area contributed by atoms with Crippen molar-refractivity contribution in [2.24, 2.45) is 0 Å². The van der Waals surface area contributed by atoms with E-state index >= 15 is 0 Å². The highest BCUT2D eigenvalue weighted by atomic mass is 35.5. The zero-order valence-electron chi connectivity index (χ0n) is 9.64. The van der Waals surface area contributed by atoms with Gasteiger partial charge in [0.2, 0.25) is 5.91 Å². The summed E-state index contributed by atoms with van der Waals surface area (Å²) in [5, 5.41) is 22.1. The van der Waals surface area contributed by atoms with Crippen LogP contribution in [0, 0.1) is 6.92 Å². The van der Waals surface area contributed by atoms with Gasteiger partial charge in [-0.15, -0.1) is 0 Å². The summed E-state index contributed by atoms with van der Waals surface area (Å²) in [6, 6.07) is 1.65. The lowest BCUT2D eigenvalue weighted by atomic mass is 10.0. The van der Waals surface area contributed by atoms with Gasteiger partial charge in [-0.05, 0) is 18.6 Å². The minimum Gasteiger partial charge on any atom is -0.388 e. The van der Waals surface area contributed by atoms with Gasteiger partial charge in [0.05, 0.1) is 0 Å². The lowest BCUT2D eigenvalue weighted by Gasteiger charge is -2.19. The van der Waals surface area contributed by atoms with Gasteiger partial charge in [-0.2, -0.15) is 0 Å². The quantitative estimate of drug-likeness (QED) is 0.690. The predicted molar refractivity (Wildman–Crippen MR) is 63.6 cm³/mol. The average Bonchev–Trinajstić information content (AvgIpc) is 2.28. The van der Waals surface area contributed by atoms with E-state index in [1.54, 1.807) is 19.2 Å². The number of aryl methyl sites for hydroxylation is 1. The summed E-state index contributed by atoms with van der Waals surface area (Å²) in [5.74, 6) is -0.273. The van der Waals surface area contributed by atoms with Crippen LogP contribution in [0.15, 0.2) is 12.3 Å². The summed E-state index contributed by atoms with van der Waals surface area (Å²) in [6.07, 6.45) is -0.736. The van der Waals surface area contributed by atoms with Crippen molar-refractivity contribution in [1.29, 1.82) is 0 Å². The first-order valence-corrected chi connectivity index (χ1v) is 5.52. The minimum absolute atomic E-state index is 0.0409. The molecule has 0 aliphatic carbocycles. The first-order valence-electron chi connectivity index (χ1n) is 5.14. The fourth-order valence-electron chi connectivity index (χ4n) is 1.35. The van der Waals surface area contributed by atoms with E-state index in [0.717, 1.165) is 5.56 Å². The molecule has 3 N–H and O–H groups in total. The molecule has 1 amide bonds. The van der Waals surface area contributed by atoms with E-state index in [9.17, 15) is 15.0 Å². The molecule has 1 heterocycles. The Bertz CT molecular complexity index is 412. The molecule has 6 heteroatoms. The number of aliphatic hydroxyl groups is 2. The van der Waals surface area contributed by atoms with Gasteiger partial charge in [-0.25, -0.2) is 4.98 Å². The monoisotopic (exact) mass is 258 g/mol. The summed E-state index contributed by atoms with van der Waals surface area (Å²) >= 11 is 5.83. The van der Waals surface area contributed by atoms with Crippen molar-refractivity contribution in [3.05, 3.63) is 28.5 Å². The van der Waals surface area contributed by atoms with Crippen molar-refractivity contribution >= 4 is 17.5 Å². The molecule has 94 valence electrons. The van der Waals surface area contributed by atoms with Crippen molar-refractivity contribution in [1.82, 2.24) is 10.3 Å². The van der Waals surface area contributed by atoms with Gasteiger partial charge in [-0.3, -0.25) is 4.79 Å². The van der Waals surface area contributed by atoms with Crippen LogP contribution in [0.25, 0.3) is 0 Å². The maximum atomic E-state index is 10.7. The maximum Gasteiger partial charge on any atom is 0.216 e. The molecule has 0 radical (unpaired) electrons. The van der Waals surface area contributed by atoms with E-state index in [1.807, 2.05) is 0 Å². The topological polar surface area (TPSA) is 82.5 Å². The highest BCUT2D eigenvalue weighted by Crippen LogP contribution is 2.24. The molecule has 0 aromatic carbocycles. The van der Waals surface area contributed by atoms with Crippen molar-refractivity contribution in [3.63, 3.8) is 0 Å². The van der Waals surface area contributed by atoms with E-state index in [-0.39, 0.29) is 17.6 Å². The van der Waals surface area contributed by atoms with Crippen molar-refractivity contribution in [2.75, 3.05) is 6.54 Å². The van der Waals surface area contributed by atoms with Gasteiger partial charge < -0.3 is 15.5 Å². The van der Waals surface area contributed by atoms with E-state index in [2.05, 4.69) is 10.3 Å². The largest absolute Gasteiger partial charge is 0.388 e. The number of rotatable bonds is 4. The number of pyridine rings is 1. The second-order valence-electron chi connectivity index (χ2n) is 3.84. The average molecular weight is 259 g/mol. The lowest BCUT2D eigenvalue weighted by molar-refractivity contribution is -0.119. The van der Waals surface area contributed by atoms with Crippen LogP contribution in [0.3, 0.4) is 0 Å². The Labute approximate surface area is 104 Å². The number of halogens is 1. The smallest absolute Gasteiger partial charge is 0.216 e. The molecule has 2 atom stereocenters. The van der Waals surface area contributed by atoms with Crippen LogP contribution >= 0.6 is 11.6 Å². The number of nitrogens with one attached hydrogen (secondary N) is 1. The summed E-state index contributed by atoms with van der Waals surface area (Å²) in [7, 11) is 0. The molecular formula is C11H15ClN2O3. The predicted octanol–water partition coefficient (Wildman–Crippen LogP) is 0.574. The minimum atomic E-state index is -1.18. The third-order valence-electron chi connectivity index (χ3n) is 2.25. The number of hydrogen-bond acceptors (Lipinski definition) is 4. The van der Waals surface area contributed by atoms with Gasteiger partial charge in [-0.1, -0.05) is 11.6 Å². The molecule has 0 saturated carbocycles. The summed E-state index contributed by atoms with van der Waals surface area (Å²) in [5.41, 5.74) is 1.18. The number of aromatic nitrogens is 1. The van der Waals surface area contributed by atoms with Crippen LogP contribution in [0.4, 0.5) is 0 Å². The molecule has 1 rings (SSSR count). The highest BCUT2D eigenvalue weighted by molar-refractivity contribution is 6.30. The van der Waals surface area contributed by atoms with E-state index in [4.69, 9.17) is 11.6 Å². The molecule has 1 aromatic rings. The molecular weight excluding hydrogens is 244 g/mol. The van der Waals surface area contributed by atoms with Crippen LogP contribution in [-0.2, 0) is 4.79 Å². The second kappa shape index (κ2) is 5.95. The first-order chi connectivity index (χ1) is 7.91. The van der Waals surface area contributed by atoms with Gasteiger partial charge in [0.25, 0.3) is 0 Å². The Morgan fingerprint density at radius 3 is 2.82 bits per heavy atom. The zero-order valence-corrected chi connectivity index (χ0v) is 10.4. The second-order valence-corrected chi connectivity index (χ2v) is 4.20. The van der Waals surface area contributed by atoms with Crippen LogP contribution in [-0.4, -0.2) is 33.8 Å². The normalized spacial score (nSPS) is 14.2. The maximum absolute atomic E-state index is 10.7. The highest BCUT2D eigenvalue weighted by Gasteiger charge is 2.21. The van der Waals surface area contributed by atoms with E-state index in [1.165, 1.54) is 6.92 Å². The number of hydrogen-bond donors (Lipinski definition) is 3. The Morgan fingerprint density at radius 2 is 2.24 bits per heavy atom. The standard InChI is InChI=1S/C11H15ClN2O3/c1-6-3-8(11(12)14-4-6)10(17)9(16)5-13-7(2)15/h3-4,9-10,16-17H,5H2,1-2H3,(H,13,15). The molecule has 0 aliphatic rings. The van der Waals surface area contributed by atoms with Crippen LogP contribution in [0.5, 0.6) is 0 Å². The molecule has 1 aromatic heterocycles. The lowest BCUT2D eigenvalue weighted by Crippen LogP contribution is -2.34.